The molecule has 2 N–H and O–H groups in total. The summed E-state index contributed by atoms with van der Waals surface area (Å²) in [5, 5.41) is 0. The third-order valence-corrected chi connectivity index (χ3v) is 1.38. The molecule has 0 bridgehead atoms. The number of nitrogens with two attached hydrogens (primary N) is 1. The van der Waals surface area contributed by atoms with Crippen LogP contribution in [0.5, 0.6) is 0 Å². The van der Waals surface area contributed by atoms with Crippen LogP contribution < -0.4 is 5.73 Å². The number of esters is 1. The molecule has 0 aliphatic rings. The first-order valence-corrected chi connectivity index (χ1v) is 4.15. The number of halogens is 2. The van der Waals surface area contributed by atoms with Gasteiger partial charge in [0.25, 0.3) is 0 Å². The van der Waals surface area contributed by atoms with Crippen LogP contribution in [0, 0.1) is 0 Å². The minimum absolute atomic E-state index is 0. The Morgan fingerprint density at radius 2 is 2.25 bits per heavy atom. The standard InChI is InChI=1S/C7H14ClNO2.ClH/c1-2-11-7(10)5-3-4-6(8)9;/h6H,2-5,9H2,1H3;1H. The van der Waals surface area contributed by atoms with Crippen LogP contribution in [-0.4, -0.2) is 18.1 Å². The van der Waals surface area contributed by atoms with Crippen molar-refractivity contribution in [1.82, 2.24) is 0 Å². The molecular formula is C7H15Cl2NO2. The first-order chi connectivity index (χ1) is 5.16. The lowest BCUT2D eigenvalue weighted by molar-refractivity contribution is -0.143. The van der Waals surface area contributed by atoms with Gasteiger partial charge in [-0.3, -0.25) is 4.79 Å². The fraction of sp³-hybridized carbons (Fsp3) is 0.857. The molecular weight excluding hydrogens is 201 g/mol. The number of rotatable bonds is 5. The molecule has 74 valence electrons. The van der Waals surface area contributed by atoms with Gasteiger partial charge in [0.15, 0.2) is 0 Å². The molecule has 0 aromatic rings. The summed E-state index contributed by atoms with van der Waals surface area (Å²) < 4.78 is 4.70. The predicted molar refractivity (Wildman–Crippen MR) is 51.6 cm³/mol. The van der Waals surface area contributed by atoms with E-state index in [0.717, 1.165) is 0 Å². The molecule has 0 radical (unpaired) electrons. The maximum Gasteiger partial charge on any atom is 0.305 e. The van der Waals surface area contributed by atoms with E-state index >= 15 is 0 Å². The molecule has 0 fully saturated rings. The van der Waals surface area contributed by atoms with E-state index in [0.29, 0.717) is 25.9 Å². The van der Waals surface area contributed by atoms with E-state index in [1.165, 1.54) is 0 Å². The Hall–Kier alpha value is 0.01000. The summed E-state index contributed by atoms with van der Waals surface area (Å²) in [5.74, 6) is -0.176. The van der Waals surface area contributed by atoms with Crippen LogP contribution in [0.2, 0.25) is 0 Å². The SMILES string of the molecule is CCOC(=O)CCCC(N)Cl.Cl. The minimum Gasteiger partial charge on any atom is -0.466 e. The molecule has 0 spiro atoms. The van der Waals surface area contributed by atoms with E-state index in [4.69, 9.17) is 22.1 Å². The molecule has 1 unspecified atom stereocenters. The van der Waals surface area contributed by atoms with Crippen molar-refractivity contribution in [2.24, 2.45) is 5.73 Å². The van der Waals surface area contributed by atoms with Crippen LogP contribution in [0.3, 0.4) is 0 Å². The topological polar surface area (TPSA) is 52.3 Å². The number of ether oxygens (including phenoxy) is 1. The van der Waals surface area contributed by atoms with Gasteiger partial charge in [-0.05, 0) is 19.8 Å². The van der Waals surface area contributed by atoms with Crippen molar-refractivity contribution in [2.75, 3.05) is 6.61 Å². The Balaban J connectivity index is 0. The van der Waals surface area contributed by atoms with Gasteiger partial charge in [-0.25, -0.2) is 0 Å². The van der Waals surface area contributed by atoms with E-state index in [-0.39, 0.29) is 23.9 Å². The Kier molecular flexibility index (Phi) is 11.0. The molecule has 3 nitrogen and oxygen atoms in total. The fourth-order valence-electron chi connectivity index (χ4n) is 0.675. The zero-order valence-electron chi connectivity index (χ0n) is 7.09. The van der Waals surface area contributed by atoms with E-state index in [2.05, 4.69) is 0 Å². The molecule has 0 saturated carbocycles. The molecule has 0 aromatic carbocycles. The van der Waals surface area contributed by atoms with E-state index in [1.54, 1.807) is 6.92 Å². The molecule has 0 aromatic heterocycles. The summed E-state index contributed by atoms with van der Waals surface area (Å²) in [7, 11) is 0. The monoisotopic (exact) mass is 215 g/mol. The largest absolute Gasteiger partial charge is 0.466 e. The van der Waals surface area contributed by atoms with E-state index in [9.17, 15) is 4.79 Å². The van der Waals surface area contributed by atoms with Gasteiger partial charge in [0.05, 0.1) is 12.1 Å². The number of carbonyl (C=O) groups excluding carboxylic acids is 1. The van der Waals surface area contributed by atoms with Gasteiger partial charge in [0, 0.05) is 6.42 Å². The van der Waals surface area contributed by atoms with Crippen LogP contribution >= 0.6 is 24.0 Å². The Labute approximate surface area is 84.0 Å². The second-order valence-corrected chi connectivity index (χ2v) is 2.77. The fourth-order valence-corrected chi connectivity index (χ4v) is 0.829. The van der Waals surface area contributed by atoms with Crippen molar-refractivity contribution in [3.05, 3.63) is 0 Å². The van der Waals surface area contributed by atoms with Crippen molar-refractivity contribution in [1.29, 1.82) is 0 Å². The number of carbonyl (C=O) groups is 1. The van der Waals surface area contributed by atoms with Crippen LogP contribution in [0.25, 0.3) is 0 Å². The Morgan fingerprint density at radius 3 is 2.67 bits per heavy atom. The quantitative estimate of drug-likeness (QED) is 0.432. The van der Waals surface area contributed by atoms with Gasteiger partial charge >= 0.3 is 5.97 Å². The second kappa shape index (κ2) is 9.10. The highest BCUT2D eigenvalue weighted by atomic mass is 35.5. The maximum absolute atomic E-state index is 10.7. The third kappa shape index (κ3) is 10.0. The summed E-state index contributed by atoms with van der Waals surface area (Å²) >= 11 is 5.46. The second-order valence-electron chi connectivity index (χ2n) is 2.21. The summed E-state index contributed by atoms with van der Waals surface area (Å²) in [6.07, 6.45) is 1.76. The third-order valence-electron chi connectivity index (χ3n) is 1.17. The average molecular weight is 216 g/mol. The highest BCUT2D eigenvalue weighted by Gasteiger charge is 2.02. The Morgan fingerprint density at radius 1 is 1.67 bits per heavy atom. The molecule has 0 amide bonds. The lowest BCUT2D eigenvalue weighted by Crippen LogP contribution is -2.12. The molecule has 0 aliphatic carbocycles. The highest BCUT2D eigenvalue weighted by molar-refractivity contribution is 6.20. The average Bonchev–Trinajstić information content (AvgIpc) is 1.87. The van der Waals surface area contributed by atoms with Crippen molar-refractivity contribution < 1.29 is 9.53 Å². The van der Waals surface area contributed by atoms with Crippen LogP contribution in [0.4, 0.5) is 0 Å². The summed E-state index contributed by atoms with van der Waals surface area (Å²) in [6.45, 7) is 2.22. The normalized spacial score (nSPS) is 11.6. The molecule has 0 saturated heterocycles. The number of hydrogen-bond donors (Lipinski definition) is 1. The molecule has 0 heterocycles. The minimum atomic E-state index is -0.343. The van der Waals surface area contributed by atoms with Crippen molar-refractivity contribution >= 4 is 30.0 Å². The zero-order valence-corrected chi connectivity index (χ0v) is 8.66. The van der Waals surface area contributed by atoms with Gasteiger partial charge in [0.2, 0.25) is 0 Å². The van der Waals surface area contributed by atoms with Gasteiger partial charge in [0.1, 0.15) is 0 Å². The van der Waals surface area contributed by atoms with Crippen molar-refractivity contribution in [3.8, 4) is 0 Å². The summed E-state index contributed by atoms with van der Waals surface area (Å²) in [6, 6.07) is 0. The molecule has 1 atom stereocenters. The molecule has 0 aliphatic heterocycles. The van der Waals surface area contributed by atoms with Crippen LogP contribution in [0.15, 0.2) is 0 Å². The van der Waals surface area contributed by atoms with Gasteiger partial charge < -0.3 is 10.5 Å². The molecule has 12 heavy (non-hydrogen) atoms. The summed E-state index contributed by atoms with van der Waals surface area (Å²) in [5.41, 5.74) is 4.92. The van der Waals surface area contributed by atoms with Crippen LogP contribution in [-0.2, 0) is 9.53 Å². The van der Waals surface area contributed by atoms with E-state index < -0.39 is 0 Å². The maximum atomic E-state index is 10.7. The lowest BCUT2D eigenvalue weighted by Gasteiger charge is -2.02. The predicted octanol–water partition coefficient (Wildman–Crippen LogP) is 1.67. The van der Waals surface area contributed by atoms with Gasteiger partial charge in [-0.15, -0.1) is 24.0 Å². The summed E-state index contributed by atoms with van der Waals surface area (Å²) in [4.78, 5) is 10.7. The first kappa shape index (κ1) is 14.5. The first-order valence-electron chi connectivity index (χ1n) is 3.72. The number of hydrogen-bond acceptors (Lipinski definition) is 3. The van der Waals surface area contributed by atoms with Gasteiger partial charge in [-0.2, -0.15) is 0 Å². The van der Waals surface area contributed by atoms with Crippen molar-refractivity contribution in [2.45, 2.75) is 31.7 Å². The smallest absolute Gasteiger partial charge is 0.305 e. The molecule has 0 rings (SSSR count). The van der Waals surface area contributed by atoms with Crippen LogP contribution in [0.1, 0.15) is 26.2 Å². The molecule has 5 heteroatoms. The van der Waals surface area contributed by atoms with E-state index in [1.807, 2.05) is 0 Å². The van der Waals surface area contributed by atoms with Crippen molar-refractivity contribution in [3.63, 3.8) is 0 Å². The number of alkyl halides is 1. The highest BCUT2D eigenvalue weighted by Crippen LogP contribution is 2.02. The zero-order chi connectivity index (χ0) is 8.69. The Bertz CT molecular complexity index is 120. The lowest BCUT2D eigenvalue weighted by atomic mass is 10.2. The van der Waals surface area contributed by atoms with Gasteiger partial charge in [-0.1, -0.05) is 0 Å².